The first-order chi connectivity index (χ1) is 14.4. The number of benzene rings is 1. The average Bonchev–Trinajstić information content (AvgIpc) is 3.01. The lowest BCUT2D eigenvalue weighted by atomic mass is 9.93. The van der Waals surface area contributed by atoms with E-state index in [1.165, 1.54) is 49.5 Å². The number of aliphatic hydroxyl groups is 1. The lowest BCUT2D eigenvalue weighted by Gasteiger charge is -2.33. The number of thiazole rings is 1. The molecule has 0 radical (unpaired) electrons. The molecule has 4 nitrogen and oxygen atoms in total. The average molecular weight is 437 g/mol. The van der Waals surface area contributed by atoms with Crippen LogP contribution in [0.3, 0.4) is 0 Å². The van der Waals surface area contributed by atoms with E-state index < -0.39 is 17.2 Å². The minimum Gasteiger partial charge on any atom is -0.488 e. The van der Waals surface area contributed by atoms with Crippen LogP contribution in [0, 0.1) is 18.6 Å². The lowest BCUT2D eigenvalue weighted by molar-refractivity contribution is 0.0188. The molecule has 0 amide bonds. The van der Waals surface area contributed by atoms with E-state index in [0.717, 1.165) is 47.2 Å². The van der Waals surface area contributed by atoms with Gasteiger partial charge < -0.3 is 14.7 Å². The monoisotopic (exact) mass is 436 g/mol. The third-order valence-electron chi connectivity index (χ3n) is 6.49. The van der Waals surface area contributed by atoms with Crippen molar-refractivity contribution < 1.29 is 18.6 Å². The molecule has 1 saturated heterocycles. The Morgan fingerprint density at radius 3 is 2.70 bits per heavy atom. The molecule has 7 heteroatoms. The maximum absolute atomic E-state index is 13.4. The van der Waals surface area contributed by atoms with Gasteiger partial charge in [0.2, 0.25) is 0 Å². The zero-order chi connectivity index (χ0) is 21.1. The molecule has 0 bridgehead atoms. The van der Waals surface area contributed by atoms with Crippen molar-refractivity contribution in [3.63, 3.8) is 0 Å². The van der Waals surface area contributed by atoms with Gasteiger partial charge >= 0.3 is 0 Å². The summed E-state index contributed by atoms with van der Waals surface area (Å²) in [5, 5.41) is 12.2. The maximum atomic E-state index is 13.4. The van der Waals surface area contributed by atoms with Crippen LogP contribution in [0.2, 0.25) is 0 Å². The molecule has 1 unspecified atom stereocenters. The minimum atomic E-state index is -0.926. The highest BCUT2D eigenvalue weighted by Crippen LogP contribution is 2.38. The first-order valence-corrected chi connectivity index (χ1v) is 11.8. The smallest absolute Gasteiger partial charge is 0.162 e. The number of halogens is 2. The molecule has 0 spiro atoms. The van der Waals surface area contributed by atoms with Gasteiger partial charge in [-0.1, -0.05) is 19.3 Å². The third-order valence-corrected chi connectivity index (χ3v) is 7.82. The predicted octanol–water partition coefficient (Wildman–Crippen LogP) is 5.31. The van der Waals surface area contributed by atoms with Crippen molar-refractivity contribution in [2.24, 2.45) is 0 Å². The SMILES string of the molecule is Cc1nc(C2(O)CCCN(C3CCCCC3)CC2)sc1COc1ccc(F)c(F)c1. The molecule has 164 valence electrons. The van der Waals surface area contributed by atoms with Crippen LogP contribution in [0.1, 0.15) is 66.9 Å². The Balaban J connectivity index is 1.41. The van der Waals surface area contributed by atoms with E-state index in [0.29, 0.717) is 18.9 Å². The van der Waals surface area contributed by atoms with Crippen molar-refractivity contribution in [1.82, 2.24) is 9.88 Å². The summed E-state index contributed by atoms with van der Waals surface area (Å²) in [4.78, 5) is 8.14. The number of nitrogens with zero attached hydrogens (tertiary/aromatic N) is 2. The molecule has 1 N–H and O–H groups in total. The van der Waals surface area contributed by atoms with E-state index in [4.69, 9.17) is 4.74 Å². The number of ether oxygens (including phenoxy) is 1. The molecule has 2 aromatic rings. The summed E-state index contributed by atoms with van der Waals surface area (Å²) in [5.74, 6) is -1.54. The quantitative estimate of drug-likeness (QED) is 0.690. The fourth-order valence-corrected chi connectivity index (χ4v) is 5.76. The van der Waals surface area contributed by atoms with Crippen molar-refractivity contribution in [1.29, 1.82) is 0 Å². The van der Waals surface area contributed by atoms with Crippen LogP contribution in [-0.4, -0.2) is 34.1 Å². The van der Waals surface area contributed by atoms with Crippen LogP contribution in [0.5, 0.6) is 5.75 Å². The topological polar surface area (TPSA) is 45.6 Å². The molecular formula is C23H30F2N2O2S. The molecule has 30 heavy (non-hydrogen) atoms. The summed E-state index contributed by atoms with van der Waals surface area (Å²) in [7, 11) is 0. The summed E-state index contributed by atoms with van der Waals surface area (Å²) < 4.78 is 32.1. The predicted molar refractivity (Wildman–Crippen MR) is 114 cm³/mol. The summed E-state index contributed by atoms with van der Waals surface area (Å²) in [6.45, 7) is 4.07. The third kappa shape index (κ3) is 4.84. The van der Waals surface area contributed by atoms with Gasteiger partial charge in [-0.2, -0.15) is 0 Å². The zero-order valence-corrected chi connectivity index (χ0v) is 18.3. The molecule has 1 aromatic carbocycles. The van der Waals surface area contributed by atoms with Crippen molar-refractivity contribution in [3.8, 4) is 5.75 Å². The molecule has 1 saturated carbocycles. The normalized spacial score (nSPS) is 24.0. The number of aryl methyl sites for hydroxylation is 1. The van der Waals surface area contributed by atoms with Crippen LogP contribution in [-0.2, 0) is 12.2 Å². The Labute approximate surface area is 180 Å². The highest BCUT2D eigenvalue weighted by Gasteiger charge is 2.37. The standard InChI is InChI=1S/C23H30F2N2O2S/c1-16-21(15-29-18-8-9-19(24)20(25)14-18)30-22(26-16)23(28)10-5-12-27(13-11-23)17-6-3-2-4-7-17/h8-9,14,17,28H,2-7,10-13,15H2,1H3. The van der Waals surface area contributed by atoms with Gasteiger partial charge in [0, 0.05) is 18.7 Å². The maximum Gasteiger partial charge on any atom is 0.162 e. The Bertz CT molecular complexity index is 869. The van der Waals surface area contributed by atoms with Gasteiger partial charge in [-0.3, -0.25) is 0 Å². The molecule has 1 aliphatic carbocycles. The van der Waals surface area contributed by atoms with Crippen LogP contribution in [0.15, 0.2) is 18.2 Å². The number of hydrogen-bond acceptors (Lipinski definition) is 5. The zero-order valence-electron chi connectivity index (χ0n) is 17.5. The second kappa shape index (κ2) is 9.28. The van der Waals surface area contributed by atoms with Gasteiger partial charge in [0.15, 0.2) is 11.6 Å². The van der Waals surface area contributed by atoms with Gasteiger partial charge in [-0.15, -0.1) is 11.3 Å². The van der Waals surface area contributed by atoms with E-state index in [1.54, 1.807) is 0 Å². The fraction of sp³-hybridized carbons (Fsp3) is 0.609. The molecule has 2 heterocycles. The van der Waals surface area contributed by atoms with Gasteiger partial charge in [-0.25, -0.2) is 13.8 Å². The first-order valence-electron chi connectivity index (χ1n) is 11.0. The highest BCUT2D eigenvalue weighted by molar-refractivity contribution is 7.11. The van der Waals surface area contributed by atoms with Crippen molar-refractivity contribution in [2.75, 3.05) is 13.1 Å². The van der Waals surface area contributed by atoms with Gasteiger partial charge in [0.25, 0.3) is 0 Å². The van der Waals surface area contributed by atoms with Crippen LogP contribution < -0.4 is 4.74 Å². The van der Waals surface area contributed by atoms with Crippen LogP contribution >= 0.6 is 11.3 Å². The first kappa shape index (κ1) is 21.7. The Morgan fingerprint density at radius 1 is 1.13 bits per heavy atom. The van der Waals surface area contributed by atoms with E-state index >= 15 is 0 Å². The van der Waals surface area contributed by atoms with Crippen LogP contribution in [0.4, 0.5) is 8.78 Å². The van der Waals surface area contributed by atoms with Gasteiger partial charge in [0.05, 0.1) is 10.6 Å². The van der Waals surface area contributed by atoms with Crippen molar-refractivity contribution in [2.45, 2.75) is 76.5 Å². The number of aromatic nitrogens is 1. The summed E-state index contributed by atoms with van der Waals surface area (Å²) in [6.07, 6.45) is 8.92. The van der Waals surface area contributed by atoms with E-state index in [9.17, 15) is 13.9 Å². The largest absolute Gasteiger partial charge is 0.488 e. The van der Waals surface area contributed by atoms with Gasteiger partial charge in [-0.05, 0) is 57.7 Å². The van der Waals surface area contributed by atoms with E-state index in [-0.39, 0.29) is 12.4 Å². The Morgan fingerprint density at radius 2 is 1.93 bits per heavy atom. The number of hydrogen-bond donors (Lipinski definition) is 1. The second-order valence-electron chi connectivity index (χ2n) is 8.61. The van der Waals surface area contributed by atoms with E-state index in [1.807, 2.05) is 6.92 Å². The molecule has 1 atom stereocenters. The molecule has 1 aliphatic heterocycles. The number of likely N-dealkylation sites (tertiary alicyclic amines) is 1. The van der Waals surface area contributed by atoms with E-state index in [2.05, 4.69) is 9.88 Å². The molecule has 1 aromatic heterocycles. The fourth-order valence-electron chi connectivity index (χ4n) is 4.64. The second-order valence-corrected chi connectivity index (χ2v) is 9.69. The van der Waals surface area contributed by atoms with Gasteiger partial charge in [0.1, 0.15) is 23.0 Å². The van der Waals surface area contributed by atoms with Crippen molar-refractivity contribution in [3.05, 3.63) is 45.4 Å². The lowest BCUT2D eigenvalue weighted by Crippen LogP contribution is -2.38. The summed E-state index contributed by atoms with van der Waals surface area (Å²) in [5.41, 5.74) is -0.0848. The molecule has 4 rings (SSSR count). The highest BCUT2D eigenvalue weighted by atomic mass is 32.1. The number of rotatable bonds is 5. The van der Waals surface area contributed by atoms with Crippen LogP contribution in [0.25, 0.3) is 0 Å². The Kier molecular flexibility index (Phi) is 6.70. The molecular weight excluding hydrogens is 406 g/mol. The summed E-state index contributed by atoms with van der Waals surface area (Å²) in [6, 6.07) is 4.18. The summed E-state index contributed by atoms with van der Waals surface area (Å²) >= 11 is 1.47. The van der Waals surface area contributed by atoms with Crippen molar-refractivity contribution >= 4 is 11.3 Å². The molecule has 2 fully saturated rings. The molecule has 2 aliphatic rings. The Hall–Kier alpha value is -1.57. The minimum absolute atomic E-state index is 0.221.